The summed E-state index contributed by atoms with van der Waals surface area (Å²) in [6, 6.07) is 5.91. The van der Waals surface area contributed by atoms with E-state index < -0.39 is 11.9 Å². The number of benzene rings is 1. The first-order valence-corrected chi connectivity index (χ1v) is 6.51. The molecule has 1 amide bonds. The van der Waals surface area contributed by atoms with Crippen LogP contribution in [0.4, 0.5) is 0 Å². The van der Waals surface area contributed by atoms with Crippen LogP contribution in [0.5, 0.6) is 0 Å². The lowest BCUT2D eigenvalue weighted by atomic mass is 9.98. The van der Waals surface area contributed by atoms with Crippen molar-refractivity contribution in [1.29, 1.82) is 0 Å². The molecule has 0 spiro atoms. The summed E-state index contributed by atoms with van der Waals surface area (Å²) >= 11 is 0. The van der Waals surface area contributed by atoms with Gasteiger partial charge in [0.15, 0.2) is 0 Å². The Hall–Kier alpha value is -1.84. The van der Waals surface area contributed by atoms with Gasteiger partial charge in [0, 0.05) is 0 Å². The van der Waals surface area contributed by atoms with Gasteiger partial charge >= 0.3 is 5.97 Å². The van der Waals surface area contributed by atoms with Crippen LogP contribution in [0.15, 0.2) is 18.2 Å². The molecule has 1 aromatic carbocycles. The fourth-order valence-corrected chi connectivity index (χ4v) is 2.40. The summed E-state index contributed by atoms with van der Waals surface area (Å²) in [4.78, 5) is 22.7. The number of carbonyl (C=O) groups is 2. The van der Waals surface area contributed by atoms with E-state index in [0.717, 1.165) is 5.56 Å². The summed E-state index contributed by atoms with van der Waals surface area (Å²) < 4.78 is 0. The molecule has 0 radical (unpaired) electrons. The largest absolute Gasteiger partial charge is 0.481 e. The fraction of sp³-hybridized carbons (Fsp3) is 0.467. The van der Waals surface area contributed by atoms with Crippen molar-refractivity contribution in [2.24, 2.45) is 11.8 Å². The topological polar surface area (TPSA) is 66.4 Å². The first-order chi connectivity index (χ1) is 8.91. The molecule has 1 aromatic rings. The van der Waals surface area contributed by atoms with Gasteiger partial charge in [-0.1, -0.05) is 18.2 Å². The lowest BCUT2D eigenvalue weighted by molar-refractivity contribution is -0.140. The lowest BCUT2D eigenvalue weighted by Gasteiger charge is -2.17. The van der Waals surface area contributed by atoms with E-state index in [9.17, 15) is 9.59 Å². The number of carbonyl (C=O) groups excluding carboxylic acids is 1. The zero-order valence-corrected chi connectivity index (χ0v) is 11.4. The van der Waals surface area contributed by atoms with Crippen molar-refractivity contribution in [2.75, 3.05) is 0 Å². The molecule has 3 atom stereocenters. The van der Waals surface area contributed by atoms with Gasteiger partial charge in [-0.05, 0) is 43.9 Å². The van der Waals surface area contributed by atoms with Crippen LogP contribution in [0.1, 0.15) is 36.1 Å². The van der Waals surface area contributed by atoms with Crippen LogP contribution in [0.3, 0.4) is 0 Å². The van der Waals surface area contributed by atoms with E-state index in [-0.39, 0.29) is 17.9 Å². The highest BCUT2D eigenvalue weighted by Crippen LogP contribution is 2.39. The third-order valence-electron chi connectivity index (χ3n) is 3.92. The molecule has 1 fully saturated rings. The zero-order valence-electron chi connectivity index (χ0n) is 11.4. The molecule has 4 nitrogen and oxygen atoms in total. The van der Waals surface area contributed by atoms with E-state index in [2.05, 4.69) is 5.32 Å². The van der Waals surface area contributed by atoms with E-state index in [4.69, 9.17) is 5.11 Å². The molecule has 2 rings (SSSR count). The van der Waals surface area contributed by atoms with E-state index >= 15 is 0 Å². The lowest BCUT2D eigenvalue weighted by Crippen LogP contribution is -2.29. The Bertz CT molecular complexity index is 524. The minimum absolute atomic E-state index is 0.0950. The van der Waals surface area contributed by atoms with Gasteiger partial charge in [-0.2, -0.15) is 0 Å². The minimum atomic E-state index is -0.875. The van der Waals surface area contributed by atoms with Gasteiger partial charge in [0.2, 0.25) is 5.91 Å². The summed E-state index contributed by atoms with van der Waals surface area (Å²) in [5.74, 6) is -1.88. The van der Waals surface area contributed by atoms with Gasteiger partial charge in [0.25, 0.3) is 0 Å². The number of hydrogen-bond donors (Lipinski definition) is 2. The molecule has 3 unspecified atom stereocenters. The third kappa shape index (κ3) is 2.78. The van der Waals surface area contributed by atoms with Crippen LogP contribution in [0.25, 0.3) is 0 Å². The predicted molar refractivity (Wildman–Crippen MR) is 71.7 cm³/mol. The number of carboxylic acids is 1. The Morgan fingerprint density at radius 1 is 1.32 bits per heavy atom. The van der Waals surface area contributed by atoms with Crippen LogP contribution in [0, 0.1) is 25.7 Å². The maximum atomic E-state index is 11.9. The predicted octanol–water partition coefficient (Wildman–Crippen LogP) is 2.20. The maximum absolute atomic E-state index is 11.9. The first kappa shape index (κ1) is 13.6. The number of nitrogens with one attached hydrogen (secondary N) is 1. The number of aryl methyl sites for hydroxylation is 1. The van der Waals surface area contributed by atoms with Crippen LogP contribution in [0.2, 0.25) is 0 Å². The van der Waals surface area contributed by atoms with Crippen LogP contribution in [-0.4, -0.2) is 17.0 Å². The second-order valence-electron chi connectivity index (χ2n) is 5.31. The number of amides is 1. The third-order valence-corrected chi connectivity index (χ3v) is 3.92. The summed E-state index contributed by atoms with van der Waals surface area (Å²) in [6.45, 7) is 6.00. The molecule has 1 aliphatic carbocycles. The highest BCUT2D eigenvalue weighted by Gasteiger charge is 2.48. The van der Waals surface area contributed by atoms with Crippen molar-refractivity contribution in [3.63, 3.8) is 0 Å². The van der Waals surface area contributed by atoms with E-state index in [0.29, 0.717) is 6.42 Å². The molecule has 0 aromatic heterocycles. The smallest absolute Gasteiger partial charge is 0.307 e. The van der Waals surface area contributed by atoms with E-state index in [1.807, 2.05) is 39.0 Å². The van der Waals surface area contributed by atoms with Crippen molar-refractivity contribution in [2.45, 2.75) is 33.2 Å². The molecule has 102 valence electrons. The molecule has 2 N–H and O–H groups in total. The summed E-state index contributed by atoms with van der Waals surface area (Å²) in [5, 5.41) is 11.7. The molecule has 4 heteroatoms. The SMILES string of the molecule is Cc1cccc(C(C)NC(=O)C2CC2C(=O)O)c1C. The second-order valence-corrected chi connectivity index (χ2v) is 5.31. The molecule has 1 saturated carbocycles. The highest BCUT2D eigenvalue weighted by atomic mass is 16.4. The maximum Gasteiger partial charge on any atom is 0.307 e. The molecular weight excluding hydrogens is 242 g/mol. The van der Waals surface area contributed by atoms with E-state index in [1.54, 1.807) is 0 Å². The molecule has 0 bridgehead atoms. The molecule has 19 heavy (non-hydrogen) atoms. The van der Waals surface area contributed by atoms with Gasteiger partial charge in [-0.15, -0.1) is 0 Å². The highest BCUT2D eigenvalue weighted by molar-refractivity contribution is 5.89. The van der Waals surface area contributed by atoms with Gasteiger partial charge in [0.1, 0.15) is 0 Å². The Morgan fingerprint density at radius 2 is 2.00 bits per heavy atom. The van der Waals surface area contributed by atoms with Gasteiger partial charge in [-0.3, -0.25) is 9.59 Å². The van der Waals surface area contributed by atoms with Crippen LogP contribution in [-0.2, 0) is 9.59 Å². The molecule has 0 saturated heterocycles. The Labute approximate surface area is 112 Å². The van der Waals surface area contributed by atoms with Crippen molar-refractivity contribution in [3.05, 3.63) is 34.9 Å². The van der Waals surface area contributed by atoms with Gasteiger partial charge < -0.3 is 10.4 Å². The summed E-state index contributed by atoms with van der Waals surface area (Å²) in [6.07, 6.45) is 0.459. The molecule has 1 aliphatic rings. The fourth-order valence-electron chi connectivity index (χ4n) is 2.40. The molecule has 0 aliphatic heterocycles. The van der Waals surface area contributed by atoms with Gasteiger partial charge in [-0.25, -0.2) is 0 Å². The van der Waals surface area contributed by atoms with Crippen LogP contribution < -0.4 is 5.32 Å². The Kier molecular flexibility index (Phi) is 3.60. The minimum Gasteiger partial charge on any atom is -0.481 e. The average Bonchev–Trinajstić information content (AvgIpc) is 3.12. The zero-order chi connectivity index (χ0) is 14.2. The van der Waals surface area contributed by atoms with Crippen molar-refractivity contribution < 1.29 is 14.7 Å². The van der Waals surface area contributed by atoms with Crippen LogP contribution >= 0.6 is 0 Å². The van der Waals surface area contributed by atoms with Crippen molar-refractivity contribution >= 4 is 11.9 Å². The quantitative estimate of drug-likeness (QED) is 0.873. The molecular formula is C15H19NO3. The average molecular weight is 261 g/mol. The number of carboxylic acid groups (broad SMARTS) is 1. The Morgan fingerprint density at radius 3 is 2.58 bits per heavy atom. The molecule has 0 heterocycles. The van der Waals surface area contributed by atoms with Gasteiger partial charge in [0.05, 0.1) is 17.9 Å². The number of aliphatic carboxylic acids is 1. The van der Waals surface area contributed by atoms with Crippen molar-refractivity contribution in [3.8, 4) is 0 Å². The van der Waals surface area contributed by atoms with Crippen molar-refractivity contribution in [1.82, 2.24) is 5.32 Å². The monoisotopic (exact) mass is 261 g/mol. The standard InChI is InChI=1S/C15H19NO3/c1-8-5-4-6-11(9(8)2)10(3)16-14(17)12-7-13(12)15(18)19/h4-6,10,12-13H,7H2,1-3H3,(H,16,17)(H,18,19). The number of rotatable bonds is 4. The number of hydrogen-bond acceptors (Lipinski definition) is 2. The normalized spacial score (nSPS) is 22.7. The summed E-state index contributed by atoms with van der Waals surface area (Å²) in [7, 11) is 0. The summed E-state index contributed by atoms with van der Waals surface area (Å²) in [5.41, 5.74) is 3.44. The first-order valence-electron chi connectivity index (χ1n) is 6.51. The van der Waals surface area contributed by atoms with E-state index in [1.165, 1.54) is 11.1 Å². The Balaban J connectivity index is 2.02. The second kappa shape index (κ2) is 5.03.